The zero-order chi connectivity index (χ0) is 15.6. The molecule has 0 aliphatic heterocycles. The molecular formula is C12H11ClFN5OS. The maximum atomic E-state index is 13.1. The second kappa shape index (κ2) is 6.06. The number of nitrogens with one attached hydrogen (secondary N) is 2. The SMILES string of the molecule is Cn1cc(NC(=S)Nc2ccc(F)c(Cl)c2)c(C(N)=O)n1. The lowest BCUT2D eigenvalue weighted by molar-refractivity contribution is 0.0995. The van der Waals surface area contributed by atoms with Crippen molar-refractivity contribution in [1.29, 1.82) is 0 Å². The van der Waals surface area contributed by atoms with E-state index in [-0.39, 0.29) is 15.8 Å². The largest absolute Gasteiger partial charge is 0.364 e. The number of hydrogen-bond donors (Lipinski definition) is 3. The molecule has 0 saturated carbocycles. The Balaban J connectivity index is 2.11. The van der Waals surface area contributed by atoms with E-state index in [1.165, 1.54) is 22.9 Å². The molecule has 2 rings (SSSR count). The van der Waals surface area contributed by atoms with E-state index in [1.54, 1.807) is 13.2 Å². The van der Waals surface area contributed by atoms with Gasteiger partial charge in [-0.05, 0) is 30.4 Å². The highest BCUT2D eigenvalue weighted by Crippen LogP contribution is 2.20. The van der Waals surface area contributed by atoms with Crippen LogP contribution in [0, 0.1) is 5.82 Å². The zero-order valence-electron chi connectivity index (χ0n) is 10.9. The first-order valence-corrected chi connectivity index (χ1v) is 6.52. The van der Waals surface area contributed by atoms with Crippen LogP contribution in [0.3, 0.4) is 0 Å². The normalized spacial score (nSPS) is 10.2. The molecule has 0 fully saturated rings. The lowest BCUT2D eigenvalue weighted by Gasteiger charge is -2.10. The summed E-state index contributed by atoms with van der Waals surface area (Å²) in [4.78, 5) is 11.2. The Labute approximate surface area is 130 Å². The summed E-state index contributed by atoms with van der Waals surface area (Å²) in [6.45, 7) is 0. The van der Waals surface area contributed by atoms with Crippen molar-refractivity contribution in [3.8, 4) is 0 Å². The van der Waals surface area contributed by atoms with Gasteiger partial charge in [-0.3, -0.25) is 9.48 Å². The van der Waals surface area contributed by atoms with Gasteiger partial charge in [0.1, 0.15) is 5.82 Å². The number of primary amides is 1. The van der Waals surface area contributed by atoms with Crippen LogP contribution >= 0.6 is 23.8 Å². The summed E-state index contributed by atoms with van der Waals surface area (Å²) < 4.78 is 14.5. The monoisotopic (exact) mass is 327 g/mol. The van der Waals surface area contributed by atoms with Gasteiger partial charge in [0, 0.05) is 18.9 Å². The van der Waals surface area contributed by atoms with Gasteiger partial charge in [-0.1, -0.05) is 11.6 Å². The van der Waals surface area contributed by atoms with Crippen LogP contribution in [-0.2, 0) is 7.05 Å². The fraction of sp³-hybridized carbons (Fsp3) is 0.0833. The van der Waals surface area contributed by atoms with E-state index in [0.717, 1.165) is 0 Å². The number of aryl methyl sites for hydroxylation is 1. The molecule has 0 bridgehead atoms. The highest BCUT2D eigenvalue weighted by molar-refractivity contribution is 7.80. The highest BCUT2D eigenvalue weighted by atomic mass is 35.5. The Hall–Kier alpha value is -2.19. The van der Waals surface area contributed by atoms with Crippen molar-refractivity contribution >= 4 is 46.2 Å². The maximum Gasteiger partial charge on any atom is 0.271 e. The van der Waals surface area contributed by atoms with Crippen molar-refractivity contribution < 1.29 is 9.18 Å². The van der Waals surface area contributed by atoms with Crippen LogP contribution in [0.15, 0.2) is 24.4 Å². The minimum Gasteiger partial charge on any atom is -0.364 e. The average Bonchev–Trinajstić information content (AvgIpc) is 2.75. The summed E-state index contributed by atoms with van der Waals surface area (Å²) in [5.74, 6) is -1.20. The number of anilines is 2. The van der Waals surface area contributed by atoms with Gasteiger partial charge in [0.2, 0.25) is 0 Å². The molecule has 0 spiro atoms. The molecule has 1 amide bonds. The average molecular weight is 328 g/mol. The van der Waals surface area contributed by atoms with Crippen molar-refractivity contribution in [3.63, 3.8) is 0 Å². The van der Waals surface area contributed by atoms with E-state index in [9.17, 15) is 9.18 Å². The van der Waals surface area contributed by atoms with Gasteiger partial charge in [0.15, 0.2) is 10.8 Å². The summed E-state index contributed by atoms with van der Waals surface area (Å²) in [7, 11) is 1.65. The molecule has 0 aliphatic carbocycles. The first-order chi connectivity index (χ1) is 9.86. The molecule has 1 aromatic heterocycles. The topological polar surface area (TPSA) is 85.0 Å². The Morgan fingerprint density at radius 3 is 2.81 bits per heavy atom. The minimum atomic E-state index is -0.675. The van der Waals surface area contributed by atoms with E-state index >= 15 is 0 Å². The van der Waals surface area contributed by atoms with E-state index in [2.05, 4.69) is 15.7 Å². The number of benzene rings is 1. The molecule has 2 aromatic rings. The number of halogens is 2. The van der Waals surface area contributed by atoms with Crippen molar-refractivity contribution in [2.45, 2.75) is 0 Å². The van der Waals surface area contributed by atoms with E-state index in [0.29, 0.717) is 11.4 Å². The first kappa shape index (κ1) is 15.2. The third-order valence-electron chi connectivity index (χ3n) is 2.49. The third-order valence-corrected chi connectivity index (χ3v) is 2.98. The minimum absolute atomic E-state index is 0.0259. The predicted octanol–water partition coefficient (Wildman–Crippen LogP) is 2.12. The standard InChI is InChI=1S/C12H11ClFN5OS/c1-19-5-9(10(18-19)11(15)20)17-12(21)16-6-2-3-8(14)7(13)4-6/h2-5H,1H3,(H2,15,20)(H2,16,17,21). The number of thiocarbonyl (C=S) groups is 1. The molecule has 1 heterocycles. The van der Waals surface area contributed by atoms with E-state index < -0.39 is 11.7 Å². The van der Waals surface area contributed by atoms with Gasteiger partial charge >= 0.3 is 0 Å². The number of nitrogens with zero attached hydrogens (tertiary/aromatic N) is 2. The molecule has 110 valence electrons. The zero-order valence-corrected chi connectivity index (χ0v) is 12.4. The van der Waals surface area contributed by atoms with Crippen LogP contribution in [0.1, 0.15) is 10.5 Å². The number of hydrogen-bond acceptors (Lipinski definition) is 3. The molecule has 0 aliphatic rings. The summed E-state index contributed by atoms with van der Waals surface area (Å²) in [5.41, 5.74) is 6.16. The third kappa shape index (κ3) is 3.67. The Kier molecular flexibility index (Phi) is 4.39. The van der Waals surface area contributed by atoms with Gasteiger partial charge in [0.05, 0.1) is 10.7 Å². The van der Waals surface area contributed by atoms with Crippen molar-refractivity contribution in [3.05, 3.63) is 40.9 Å². The maximum absolute atomic E-state index is 13.1. The molecule has 21 heavy (non-hydrogen) atoms. The molecule has 6 nitrogen and oxygen atoms in total. The van der Waals surface area contributed by atoms with Crippen LogP contribution in [0.25, 0.3) is 0 Å². The van der Waals surface area contributed by atoms with E-state index in [1.807, 2.05) is 0 Å². The molecule has 4 N–H and O–H groups in total. The molecule has 1 aromatic carbocycles. The fourth-order valence-electron chi connectivity index (χ4n) is 1.62. The lowest BCUT2D eigenvalue weighted by Crippen LogP contribution is -2.21. The molecule has 0 atom stereocenters. The Morgan fingerprint density at radius 1 is 1.48 bits per heavy atom. The summed E-state index contributed by atoms with van der Waals surface area (Å²) in [6.07, 6.45) is 1.56. The molecule has 9 heteroatoms. The fourth-order valence-corrected chi connectivity index (χ4v) is 2.03. The number of carbonyl (C=O) groups is 1. The van der Waals surface area contributed by atoms with Crippen LogP contribution in [0.4, 0.5) is 15.8 Å². The number of carbonyl (C=O) groups excluding carboxylic acids is 1. The lowest BCUT2D eigenvalue weighted by atomic mass is 10.3. The van der Waals surface area contributed by atoms with Gasteiger partial charge in [-0.25, -0.2) is 4.39 Å². The van der Waals surface area contributed by atoms with Crippen molar-refractivity contribution in [1.82, 2.24) is 9.78 Å². The molecule has 0 saturated heterocycles. The van der Waals surface area contributed by atoms with Crippen LogP contribution in [0.2, 0.25) is 5.02 Å². The van der Waals surface area contributed by atoms with Gasteiger partial charge in [-0.15, -0.1) is 0 Å². The summed E-state index contributed by atoms with van der Waals surface area (Å²) >= 11 is 10.8. The second-order valence-corrected chi connectivity index (χ2v) is 4.95. The highest BCUT2D eigenvalue weighted by Gasteiger charge is 2.14. The quantitative estimate of drug-likeness (QED) is 0.752. The number of amides is 1. The number of aromatic nitrogens is 2. The number of nitrogens with two attached hydrogens (primary N) is 1. The number of rotatable bonds is 3. The molecule has 0 unspecified atom stereocenters. The van der Waals surface area contributed by atoms with E-state index in [4.69, 9.17) is 29.6 Å². The smallest absolute Gasteiger partial charge is 0.271 e. The van der Waals surface area contributed by atoms with Gasteiger partial charge in [-0.2, -0.15) is 5.10 Å². The van der Waals surface area contributed by atoms with Gasteiger partial charge < -0.3 is 16.4 Å². The Bertz CT molecular complexity index is 718. The second-order valence-electron chi connectivity index (χ2n) is 4.14. The van der Waals surface area contributed by atoms with Gasteiger partial charge in [0.25, 0.3) is 5.91 Å². The molecular weight excluding hydrogens is 317 g/mol. The van der Waals surface area contributed by atoms with Crippen LogP contribution in [0.5, 0.6) is 0 Å². The summed E-state index contributed by atoms with van der Waals surface area (Å²) in [5, 5.41) is 9.69. The first-order valence-electron chi connectivity index (χ1n) is 5.73. The molecule has 0 radical (unpaired) electrons. The Morgan fingerprint density at radius 2 is 2.19 bits per heavy atom. The van der Waals surface area contributed by atoms with Crippen LogP contribution < -0.4 is 16.4 Å². The predicted molar refractivity (Wildman–Crippen MR) is 83.0 cm³/mol. The van der Waals surface area contributed by atoms with Crippen molar-refractivity contribution in [2.75, 3.05) is 10.6 Å². The van der Waals surface area contributed by atoms with Crippen molar-refractivity contribution in [2.24, 2.45) is 12.8 Å². The summed E-state index contributed by atoms with van der Waals surface area (Å²) in [6, 6.07) is 4.09. The van der Waals surface area contributed by atoms with Crippen LogP contribution in [-0.4, -0.2) is 20.8 Å².